The summed E-state index contributed by atoms with van der Waals surface area (Å²) < 4.78 is 28.6. The molecule has 6 nitrogen and oxygen atoms in total. The van der Waals surface area contributed by atoms with E-state index in [1.54, 1.807) is 30.0 Å². The number of nitrogens with zero attached hydrogens (tertiary/aromatic N) is 2. The smallest absolute Gasteiger partial charge is 0.305 e. The van der Waals surface area contributed by atoms with Gasteiger partial charge in [0.15, 0.2) is 0 Å². The van der Waals surface area contributed by atoms with Crippen molar-refractivity contribution < 1.29 is 18.3 Å². The van der Waals surface area contributed by atoms with E-state index >= 15 is 0 Å². The molecule has 2 atom stereocenters. The fourth-order valence-corrected chi connectivity index (χ4v) is 7.38. The minimum Gasteiger partial charge on any atom is -0.481 e. The predicted octanol–water partition coefficient (Wildman–Crippen LogP) is 5.86. The number of anilines is 1. The Hall–Kier alpha value is -1.16. The Morgan fingerprint density at radius 2 is 1.85 bits per heavy atom. The molecule has 3 rings (SSSR count). The summed E-state index contributed by atoms with van der Waals surface area (Å²) in [5.74, 6) is 0.0754. The van der Waals surface area contributed by atoms with E-state index in [9.17, 15) is 13.2 Å². The summed E-state index contributed by atoms with van der Waals surface area (Å²) in [6.07, 6.45) is 1.34. The van der Waals surface area contributed by atoms with Gasteiger partial charge in [-0.1, -0.05) is 34.8 Å². The minimum atomic E-state index is -3.95. The third-order valence-corrected chi connectivity index (χ3v) is 9.45. The van der Waals surface area contributed by atoms with Crippen molar-refractivity contribution in [2.45, 2.75) is 42.5 Å². The van der Waals surface area contributed by atoms with E-state index in [0.717, 1.165) is 12.3 Å². The zero-order valence-corrected chi connectivity index (χ0v) is 21.9. The highest BCUT2D eigenvalue weighted by molar-refractivity contribution is 8.00. The summed E-state index contributed by atoms with van der Waals surface area (Å²) in [4.78, 5) is 13.4. The van der Waals surface area contributed by atoms with E-state index in [1.165, 1.54) is 28.6 Å². The summed E-state index contributed by atoms with van der Waals surface area (Å²) in [5.41, 5.74) is 0.312. The lowest BCUT2D eigenvalue weighted by Gasteiger charge is -2.32. The lowest BCUT2D eigenvalue weighted by molar-refractivity contribution is -0.137. The SMILES string of the molecule is CC(CCCN1CCS[C@@H]1CC(=O)O)N(c1cc(Cl)ccc1Cl)S(=O)(=O)c1ccc(Cl)cc1. The number of carbonyl (C=O) groups is 1. The topological polar surface area (TPSA) is 77.9 Å². The number of rotatable bonds is 10. The summed E-state index contributed by atoms with van der Waals surface area (Å²) in [6.45, 7) is 3.34. The van der Waals surface area contributed by atoms with Gasteiger partial charge in [-0.2, -0.15) is 0 Å². The first-order chi connectivity index (χ1) is 15.6. The Bertz CT molecular complexity index is 1080. The average molecular weight is 552 g/mol. The van der Waals surface area contributed by atoms with Crippen molar-refractivity contribution in [1.82, 2.24) is 4.90 Å². The molecule has 0 saturated carbocycles. The molecule has 1 aliphatic heterocycles. The van der Waals surface area contributed by atoms with Gasteiger partial charge in [0, 0.05) is 28.4 Å². The third-order valence-electron chi connectivity index (χ3n) is 5.43. The fraction of sp³-hybridized carbons (Fsp3) is 0.409. The largest absolute Gasteiger partial charge is 0.481 e. The van der Waals surface area contributed by atoms with Gasteiger partial charge < -0.3 is 5.11 Å². The van der Waals surface area contributed by atoms with Gasteiger partial charge in [-0.05, 0) is 68.8 Å². The van der Waals surface area contributed by atoms with E-state index in [-0.39, 0.29) is 21.7 Å². The summed E-state index contributed by atoms with van der Waals surface area (Å²) in [5, 5.41) is 10.2. The predicted molar refractivity (Wildman–Crippen MR) is 136 cm³/mol. The van der Waals surface area contributed by atoms with E-state index in [0.29, 0.717) is 35.1 Å². The molecule has 0 aliphatic carbocycles. The molecule has 0 radical (unpaired) electrons. The normalized spacial score (nSPS) is 17.8. The molecule has 180 valence electrons. The number of carboxylic acid groups (broad SMARTS) is 1. The maximum atomic E-state index is 13.6. The van der Waals surface area contributed by atoms with Crippen molar-refractivity contribution in [1.29, 1.82) is 0 Å². The number of aliphatic carboxylic acids is 1. The van der Waals surface area contributed by atoms with Crippen LogP contribution in [0.3, 0.4) is 0 Å². The molecule has 1 aliphatic rings. The zero-order valence-electron chi connectivity index (χ0n) is 18.0. The lowest BCUT2D eigenvalue weighted by atomic mass is 10.1. The van der Waals surface area contributed by atoms with Crippen molar-refractivity contribution in [3.63, 3.8) is 0 Å². The lowest BCUT2D eigenvalue weighted by Crippen LogP contribution is -2.40. The number of carboxylic acids is 1. The molecule has 1 heterocycles. The number of sulfonamides is 1. The fourth-order valence-electron chi connectivity index (χ4n) is 3.83. The highest BCUT2D eigenvalue weighted by atomic mass is 35.5. The van der Waals surface area contributed by atoms with E-state index < -0.39 is 22.0 Å². The molecule has 2 aromatic rings. The van der Waals surface area contributed by atoms with Crippen LogP contribution in [0.1, 0.15) is 26.2 Å². The Morgan fingerprint density at radius 3 is 2.52 bits per heavy atom. The van der Waals surface area contributed by atoms with Crippen LogP contribution in [0.5, 0.6) is 0 Å². The number of benzene rings is 2. The molecular formula is C22H25Cl3N2O4S2. The minimum absolute atomic E-state index is 0.0471. The van der Waals surface area contributed by atoms with E-state index in [1.807, 2.05) is 6.92 Å². The van der Waals surface area contributed by atoms with Gasteiger partial charge in [0.05, 0.1) is 27.4 Å². The first-order valence-corrected chi connectivity index (χ1v) is 14.0. The van der Waals surface area contributed by atoms with Crippen LogP contribution in [0, 0.1) is 0 Å². The van der Waals surface area contributed by atoms with Crippen LogP contribution in [0.4, 0.5) is 5.69 Å². The second-order valence-electron chi connectivity index (χ2n) is 7.80. The van der Waals surface area contributed by atoms with Crippen molar-refractivity contribution in [2.24, 2.45) is 0 Å². The molecule has 0 bridgehead atoms. The molecule has 33 heavy (non-hydrogen) atoms. The monoisotopic (exact) mass is 550 g/mol. The van der Waals surface area contributed by atoms with Gasteiger partial charge in [0.1, 0.15) is 0 Å². The van der Waals surface area contributed by atoms with E-state index in [4.69, 9.17) is 39.9 Å². The standard InChI is InChI=1S/C22H25Cl3N2O4S2/c1-15(3-2-10-26-11-12-32-21(26)14-22(28)29)27(20-13-17(24)6-9-19(20)25)33(30,31)18-7-4-16(23)5-8-18/h4-9,13,15,21H,2-3,10-12,14H2,1H3,(H,28,29)/t15?,21-/m1/s1. The maximum absolute atomic E-state index is 13.6. The van der Waals surface area contributed by atoms with Crippen LogP contribution >= 0.6 is 46.6 Å². The van der Waals surface area contributed by atoms with Crippen molar-refractivity contribution in [3.05, 3.63) is 57.5 Å². The molecular weight excluding hydrogens is 527 g/mol. The van der Waals surface area contributed by atoms with E-state index in [2.05, 4.69) is 4.90 Å². The van der Waals surface area contributed by atoms with Gasteiger partial charge in [-0.15, -0.1) is 11.8 Å². The number of thioether (sulfide) groups is 1. The number of hydrogen-bond acceptors (Lipinski definition) is 5. The Kier molecular flexibility index (Phi) is 9.23. The molecule has 0 aromatic heterocycles. The highest BCUT2D eigenvalue weighted by Gasteiger charge is 2.32. The molecule has 0 amide bonds. The second kappa shape index (κ2) is 11.5. The molecule has 2 aromatic carbocycles. The van der Waals surface area contributed by atoms with Crippen molar-refractivity contribution in [2.75, 3.05) is 23.1 Å². The van der Waals surface area contributed by atoms with Crippen LogP contribution in [-0.4, -0.2) is 54.7 Å². The zero-order chi connectivity index (χ0) is 24.2. The van der Waals surface area contributed by atoms with Gasteiger partial charge in [-0.3, -0.25) is 14.0 Å². The molecule has 1 N–H and O–H groups in total. The van der Waals surface area contributed by atoms with Crippen LogP contribution in [0.15, 0.2) is 47.4 Å². The molecule has 0 spiro atoms. The van der Waals surface area contributed by atoms with Crippen LogP contribution in [0.2, 0.25) is 15.1 Å². The molecule has 11 heteroatoms. The first-order valence-electron chi connectivity index (χ1n) is 10.4. The van der Waals surface area contributed by atoms with Gasteiger partial charge >= 0.3 is 5.97 Å². The maximum Gasteiger partial charge on any atom is 0.305 e. The summed E-state index contributed by atoms with van der Waals surface area (Å²) in [7, 11) is -3.95. The summed E-state index contributed by atoms with van der Waals surface area (Å²) >= 11 is 20.2. The Morgan fingerprint density at radius 1 is 1.18 bits per heavy atom. The average Bonchev–Trinajstić information content (AvgIpc) is 3.17. The molecule has 1 fully saturated rings. The molecule has 1 unspecified atom stereocenters. The van der Waals surface area contributed by atoms with Gasteiger partial charge in [0.25, 0.3) is 10.0 Å². The van der Waals surface area contributed by atoms with Crippen LogP contribution in [-0.2, 0) is 14.8 Å². The number of halogens is 3. The van der Waals surface area contributed by atoms with Crippen molar-refractivity contribution >= 4 is 68.2 Å². The molecule has 1 saturated heterocycles. The van der Waals surface area contributed by atoms with Gasteiger partial charge in [0.2, 0.25) is 0 Å². The first kappa shape index (κ1) is 26.4. The third kappa shape index (κ3) is 6.71. The summed E-state index contributed by atoms with van der Waals surface area (Å²) in [6, 6.07) is 10.3. The second-order valence-corrected chi connectivity index (χ2v) is 12.2. The number of hydrogen-bond donors (Lipinski definition) is 1. The highest BCUT2D eigenvalue weighted by Crippen LogP contribution is 2.36. The Balaban J connectivity index is 1.82. The quantitative estimate of drug-likeness (QED) is 0.398. The van der Waals surface area contributed by atoms with Gasteiger partial charge in [-0.25, -0.2) is 8.42 Å². The van der Waals surface area contributed by atoms with Crippen LogP contribution < -0.4 is 4.31 Å². The van der Waals surface area contributed by atoms with Crippen LogP contribution in [0.25, 0.3) is 0 Å². The Labute approximate surface area is 213 Å². The van der Waals surface area contributed by atoms with Crippen molar-refractivity contribution in [3.8, 4) is 0 Å².